The summed E-state index contributed by atoms with van der Waals surface area (Å²) in [6.45, 7) is 6.74. The van der Waals surface area contributed by atoms with Crippen LogP contribution in [0.15, 0.2) is 36.4 Å². The van der Waals surface area contributed by atoms with Gasteiger partial charge in [0.25, 0.3) is 5.91 Å². The molecule has 0 aromatic heterocycles. The fourth-order valence-corrected chi connectivity index (χ4v) is 7.73. The first-order valence-electron chi connectivity index (χ1n) is 14.4. The Hall–Kier alpha value is -1.89. The second-order valence-electron chi connectivity index (χ2n) is 11.6. The molecule has 7 heteroatoms. The summed E-state index contributed by atoms with van der Waals surface area (Å²) in [5, 5.41) is 0.778. The van der Waals surface area contributed by atoms with Crippen molar-refractivity contribution in [3.8, 4) is 5.75 Å². The van der Waals surface area contributed by atoms with E-state index in [4.69, 9.17) is 16.3 Å². The van der Waals surface area contributed by atoms with Crippen LogP contribution in [0.5, 0.6) is 5.75 Å². The maximum absolute atomic E-state index is 13.1. The average Bonchev–Trinajstić information content (AvgIpc) is 3.05. The van der Waals surface area contributed by atoms with Gasteiger partial charge in [-0.3, -0.25) is 4.79 Å². The molecule has 0 radical (unpaired) electrons. The van der Waals surface area contributed by atoms with E-state index in [1.165, 1.54) is 36.8 Å². The summed E-state index contributed by atoms with van der Waals surface area (Å²) in [4.78, 5) is 15.6. The van der Waals surface area contributed by atoms with E-state index in [0.29, 0.717) is 29.8 Å². The van der Waals surface area contributed by atoms with Gasteiger partial charge in [0, 0.05) is 35.5 Å². The predicted octanol–water partition coefficient (Wildman–Crippen LogP) is 6.90. The van der Waals surface area contributed by atoms with Crippen LogP contribution in [-0.2, 0) is 17.8 Å². The third kappa shape index (κ3) is 6.46. The Morgan fingerprint density at radius 1 is 1.08 bits per heavy atom. The van der Waals surface area contributed by atoms with Gasteiger partial charge in [-0.2, -0.15) is 4.72 Å². The number of aryl methyl sites for hydroxylation is 1. The second kappa shape index (κ2) is 12.5. The Balaban J connectivity index is 1.48. The third-order valence-electron chi connectivity index (χ3n) is 8.70. The lowest BCUT2D eigenvalue weighted by molar-refractivity contribution is 0.0981. The molecule has 0 saturated heterocycles. The molecule has 2 aromatic carbocycles. The molecule has 2 heterocycles. The number of ether oxygens (including phenoxy) is 1. The Kier molecular flexibility index (Phi) is 9.12. The van der Waals surface area contributed by atoms with Crippen LogP contribution in [0.25, 0.3) is 0 Å². The van der Waals surface area contributed by atoms with Gasteiger partial charge in [0.2, 0.25) is 0 Å². The maximum Gasteiger partial charge on any atom is 0.292 e. The molecule has 5 rings (SSSR count). The van der Waals surface area contributed by atoms with Gasteiger partial charge in [-0.05, 0) is 79.0 Å². The zero-order chi connectivity index (χ0) is 26.6. The number of carbonyl (C=O) groups is 1. The average molecular weight is 557 g/mol. The summed E-state index contributed by atoms with van der Waals surface area (Å²) in [7, 11) is 0. The third-order valence-corrected chi connectivity index (χ3v) is 10.2. The van der Waals surface area contributed by atoms with Crippen molar-refractivity contribution in [3.05, 3.63) is 58.1 Å². The summed E-state index contributed by atoms with van der Waals surface area (Å²) in [6, 6.07) is 11.9. The Morgan fingerprint density at radius 2 is 1.89 bits per heavy atom. The molecule has 1 fully saturated rings. The van der Waals surface area contributed by atoms with Crippen LogP contribution < -0.4 is 14.4 Å². The molecule has 5 atom stereocenters. The molecular formula is C31H41ClN2O3S. The number of carbonyl (C=O) groups excluding carboxylic acids is 1. The fraction of sp³-hybridized carbons (Fsp3) is 0.581. The lowest BCUT2D eigenvalue weighted by Gasteiger charge is -2.41. The molecule has 38 heavy (non-hydrogen) atoms. The van der Waals surface area contributed by atoms with Crippen LogP contribution >= 0.6 is 11.6 Å². The van der Waals surface area contributed by atoms with Crippen LogP contribution in [0.4, 0.5) is 5.69 Å². The standard InChI is InChI=1S/C31H41ClN2O3S/c1-3-6-23-15-27(32)12-13-28(23)26-18-34-17-25-10-9-22(25)8-5-4-7-21(2)20-38(36)33-31(35)24-11-14-30(37-19-26)29(34)16-24/h11-16,21-22,25-26H,3-10,17-20H2,1-2H3,(H,33,35)/t21-,22?,25?,26+,38?/m1/s1. The van der Waals surface area contributed by atoms with Crippen LogP contribution in [0.3, 0.4) is 0 Å². The summed E-state index contributed by atoms with van der Waals surface area (Å²) in [5.41, 5.74) is 4.12. The second-order valence-corrected chi connectivity index (χ2v) is 13.3. The molecule has 5 nitrogen and oxygen atoms in total. The quantitative estimate of drug-likeness (QED) is 0.417. The van der Waals surface area contributed by atoms with Crippen molar-refractivity contribution in [1.29, 1.82) is 0 Å². The van der Waals surface area contributed by atoms with E-state index in [2.05, 4.69) is 35.6 Å². The van der Waals surface area contributed by atoms with Crippen LogP contribution in [0.2, 0.25) is 5.02 Å². The van der Waals surface area contributed by atoms with Gasteiger partial charge in [-0.1, -0.05) is 57.2 Å². The zero-order valence-electron chi connectivity index (χ0n) is 22.7. The lowest BCUT2D eigenvalue weighted by Crippen LogP contribution is -2.40. The number of anilines is 1. The van der Waals surface area contributed by atoms with E-state index < -0.39 is 11.4 Å². The number of rotatable bonds is 3. The number of nitrogens with one attached hydrogen (secondary N) is 1. The minimum atomic E-state index is -1.38. The van der Waals surface area contributed by atoms with Crippen LogP contribution in [-0.4, -0.2) is 35.9 Å². The minimum absolute atomic E-state index is 0.205. The molecule has 2 aromatic rings. The van der Waals surface area contributed by atoms with Gasteiger partial charge in [-0.25, -0.2) is 0 Å². The molecule has 3 unspecified atom stereocenters. The molecule has 1 aliphatic carbocycles. The predicted molar refractivity (Wildman–Crippen MR) is 157 cm³/mol. The number of hydrogen-bond donors (Lipinski definition) is 1. The van der Waals surface area contributed by atoms with Crippen molar-refractivity contribution in [3.63, 3.8) is 0 Å². The molecule has 1 saturated carbocycles. The van der Waals surface area contributed by atoms with Crippen molar-refractivity contribution >= 4 is 34.6 Å². The Bertz CT molecular complexity index is 1130. The Morgan fingerprint density at radius 3 is 2.68 bits per heavy atom. The molecule has 1 N–H and O–H groups in total. The molecule has 206 valence electrons. The van der Waals surface area contributed by atoms with Crippen LogP contribution in [0, 0.1) is 17.8 Å². The van der Waals surface area contributed by atoms with E-state index in [1.54, 1.807) is 6.07 Å². The highest BCUT2D eigenvalue weighted by atomic mass is 35.5. The van der Waals surface area contributed by atoms with Crippen molar-refractivity contribution in [1.82, 2.24) is 4.72 Å². The van der Waals surface area contributed by atoms with E-state index in [-0.39, 0.29) is 11.8 Å². The number of amides is 1. The normalized spacial score (nSPS) is 28.4. The summed E-state index contributed by atoms with van der Waals surface area (Å²) >= 11 is 5.00. The highest BCUT2D eigenvalue weighted by Crippen LogP contribution is 2.43. The molecule has 0 spiro atoms. The van der Waals surface area contributed by atoms with Crippen molar-refractivity contribution in [2.75, 3.05) is 30.3 Å². The minimum Gasteiger partial charge on any atom is -0.593 e. The number of hydrogen-bond acceptors (Lipinski definition) is 4. The summed E-state index contributed by atoms with van der Waals surface area (Å²) < 4.78 is 21.9. The van der Waals surface area contributed by atoms with Gasteiger partial charge in [0.15, 0.2) is 0 Å². The van der Waals surface area contributed by atoms with Gasteiger partial charge >= 0.3 is 0 Å². The zero-order valence-corrected chi connectivity index (χ0v) is 24.3. The smallest absolute Gasteiger partial charge is 0.292 e. The number of halogens is 1. The molecule has 2 bridgehead atoms. The number of benzene rings is 2. The first kappa shape index (κ1) is 27.7. The fourth-order valence-electron chi connectivity index (χ4n) is 6.44. The summed E-state index contributed by atoms with van der Waals surface area (Å²) in [5.74, 6) is 3.00. The number of nitrogens with zero attached hydrogens (tertiary/aromatic N) is 1. The van der Waals surface area contributed by atoms with Gasteiger partial charge in [-0.15, -0.1) is 0 Å². The maximum atomic E-state index is 13.1. The van der Waals surface area contributed by atoms with E-state index in [1.807, 2.05) is 18.2 Å². The largest absolute Gasteiger partial charge is 0.593 e. The van der Waals surface area contributed by atoms with Gasteiger partial charge in [0.1, 0.15) is 11.5 Å². The topological polar surface area (TPSA) is 64.6 Å². The highest BCUT2D eigenvalue weighted by Gasteiger charge is 2.35. The lowest BCUT2D eigenvalue weighted by atomic mass is 9.70. The molecule has 2 aliphatic heterocycles. The molecule has 3 aliphatic rings. The highest BCUT2D eigenvalue weighted by molar-refractivity contribution is 7.90. The SMILES string of the molecule is CCCc1cc(Cl)ccc1[C@@H]1COc2ccc3cc2N(CC2CCC2CCCC[C@@H](C)C[S+]([O-])NC3=O)C1. The van der Waals surface area contributed by atoms with E-state index in [0.717, 1.165) is 61.2 Å². The molecular weight excluding hydrogens is 516 g/mol. The summed E-state index contributed by atoms with van der Waals surface area (Å²) in [6.07, 6.45) is 9.35. The number of fused-ring (bicyclic) bond motifs is 2. The Labute approximate surface area is 236 Å². The first-order chi connectivity index (χ1) is 18.4. The van der Waals surface area contributed by atoms with Crippen molar-refractivity contribution in [2.24, 2.45) is 17.8 Å². The van der Waals surface area contributed by atoms with Crippen molar-refractivity contribution < 1.29 is 14.1 Å². The monoisotopic (exact) mass is 556 g/mol. The van der Waals surface area contributed by atoms with Crippen molar-refractivity contribution in [2.45, 2.75) is 71.1 Å². The van der Waals surface area contributed by atoms with E-state index in [9.17, 15) is 9.35 Å². The van der Waals surface area contributed by atoms with Gasteiger partial charge in [0.05, 0.1) is 23.7 Å². The van der Waals surface area contributed by atoms with Gasteiger partial charge < -0.3 is 14.2 Å². The first-order valence-corrected chi connectivity index (χ1v) is 16.1. The van der Waals surface area contributed by atoms with E-state index >= 15 is 0 Å². The molecule has 1 amide bonds. The van der Waals surface area contributed by atoms with Crippen LogP contribution in [0.1, 0.15) is 86.2 Å².